The van der Waals surface area contributed by atoms with Crippen LogP contribution in [0.2, 0.25) is 0 Å². The summed E-state index contributed by atoms with van der Waals surface area (Å²) in [6.07, 6.45) is 6.29. The number of carbonyl (C=O) groups excluding carboxylic acids is 1. The molecule has 2 aromatic rings. The average molecular weight is 335 g/mol. The van der Waals surface area contributed by atoms with Crippen molar-refractivity contribution in [3.05, 3.63) is 59.2 Å². The second-order valence-electron chi connectivity index (χ2n) is 7.45. The number of fused-ring (bicyclic) bond motifs is 3. The van der Waals surface area contributed by atoms with E-state index in [1.165, 1.54) is 53.5 Å². The Morgan fingerprint density at radius 3 is 2.60 bits per heavy atom. The minimum absolute atomic E-state index is 0.133. The Morgan fingerprint density at radius 2 is 1.80 bits per heavy atom. The Kier molecular flexibility index (Phi) is 5.91. The smallest absolute Gasteiger partial charge is 0.417 e. The van der Waals surface area contributed by atoms with E-state index in [0.717, 1.165) is 12.3 Å². The molecule has 131 valence electrons. The van der Waals surface area contributed by atoms with Crippen LogP contribution >= 0.6 is 0 Å². The molecule has 2 nitrogen and oxygen atoms in total. The quantitative estimate of drug-likeness (QED) is 0.554. The van der Waals surface area contributed by atoms with Crippen molar-refractivity contribution < 1.29 is 9.53 Å². The molecular formula is C23H27O2. The highest BCUT2D eigenvalue weighted by atomic mass is 16.5. The number of ether oxygens (including phenoxy) is 1. The van der Waals surface area contributed by atoms with Gasteiger partial charge in [0.1, 0.15) is 6.61 Å². The zero-order chi connectivity index (χ0) is 17.6. The van der Waals surface area contributed by atoms with Gasteiger partial charge >= 0.3 is 6.47 Å². The lowest BCUT2D eigenvalue weighted by Crippen LogP contribution is -2.06. The Bertz CT molecular complexity index is 718. The maximum Gasteiger partial charge on any atom is 0.417 e. The first-order chi connectivity index (χ1) is 12.2. The van der Waals surface area contributed by atoms with Gasteiger partial charge in [0, 0.05) is 5.92 Å². The van der Waals surface area contributed by atoms with Crippen molar-refractivity contribution in [1.82, 2.24) is 0 Å². The van der Waals surface area contributed by atoms with Crippen molar-refractivity contribution in [2.45, 2.75) is 51.9 Å². The predicted molar refractivity (Wildman–Crippen MR) is 102 cm³/mol. The molecule has 0 aromatic heterocycles. The molecule has 1 unspecified atom stereocenters. The minimum atomic E-state index is 0.133. The van der Waals surface area contributed by atoms with Crippen LogP contribution in [0.4, 0.5) is 0 Å². The van der Waals surface area contributed by atoms with Gasteiger partial charge < -0.3 is 4.74 Å². The zero-order valence-corrected chi connectivity index (χ0v) is 15.3. The van der Waals surface area contributed by atoms with Gasteiger partial charge in [-0.05, 0) is 46.6 Å². The molecule has 25 heavy (non-hydrogen) atoms. The van der Waals surface area contributed by atoms with E-state index < -0.39 is 0 Å². The maximum absolute atomic E-state index is 10.6. The van der Waals surface area contributed by atoms with Crippen molar-refractivity contribution in [1.29, 1.82) is 0 Å². The SMILES string of the molecule is CC(C)CCCCCc1ccc2c(c1)C(CO[C]=O)c1ccccc1-2. The van der Waals surface area contributed by atoms with Crippen LogP contribution < -0.4 is 0 Å². The molecule has 0 N–H and O–H groups in total. The summed E-state index contributed by atoms with van der Waals surface area (Å²) in [5.74, 6) is 0.933. The van der Waals surface area contributed by atoms with Crippen LogP contribution in [0.1, 0.15) is 62.1 Å². The second kappa shape index (κ2) is 8.33. The van der Waals surface area contributed by atoms with Crippen LogP contribution in [-0.2, 0) is 16.0 Å². The fraction of sp³-hybridized carbons (Fsp3) is 0.435. The summed E-state index contributed by atoms with van der Waals surface area (Å²) >= 11 is 0. The lowest BCUT2D eigenvalue weighted by Gasteiger charge is -2.13. The van der Waals surface area contributed by atoms with Crippen LogP contribution in [0.25, 0.3) is 11.1 Å². The summed E-state index contributed by atoms with van der Waals surface area (Å²) in [5, 5.41) is 0. The summed E-state index contributed by atoms with van der Waals surface area (Å²) in [5.41, 5.74) is 6.47. The number of rotatable bonds is 9. The molecule has 0 aliphatic heterocycles. The molecule has 1 aliphatic carbocycles. The Balaban J connectivity index is 1.72. The first kappa shape index (κ1) is 17.7. The highest BCUT2D eigenvalue weighted by Gasteiger charge is 2.29. The van der Waals surface area contributed by atoms with E-state index in [9.17, 15) is 4.79 Å². The van der Waals surface area contributed by atoms with Crippen LogP contribution in [-0.4, -0.2) is 13.1 Å². The fourth-order valence-corrected chi connectivity index (χ4v) is 3.87. The molecule has 0 saturated carbocycles. The first-order valence-electron chi connectivity index (χ1n) is 9.41. The lowest BCUT2D eigenvalue weighted by molar-refractivity contribution is 0.268. The second-order valence-corrected chi connectivity index (χ2v) is 7.45. The summed E-state index contributed by atoms with van der Waals surface area (Å²) < 4.78 is 5.00. The van der Waals surface area contributed by atoms with Gasteiger partial charge in [-0.15, -0.1) is 0 Å². The molecule has 0 fully saturated rings. The molecule has 0 spiro atoms. The number of hydrogen-bond donors (Lipinski definition) is 0. The molecular weight excluding hydrogens is 308 g/mol. The monoisotopic (exact) mass is 335 g/mol. The molecule has 0 heterocycles. The predicted octanol–water partition coefficient (Wildman–Crippen LogP) is 5.64. The van der Waals surface area contributed by atoms with Crippen molar-refractivity contribution in [3.8, 4) is 11.1 Å². The number of hydrogen-bond acceptors (Lipinski definition) is 2. The van der Waals surface area contributed by atoms with Gasteiger partial charge in [-0.3, -0.25) is 0 Å². The standard InChI is InChI=1S/C23H27O2/c1-17(2)8-4-3-5-9-18-12-13-21-19-10-6-7-11-20(19)23(15-25-16-24)22(21)14-18/h6-7,10-14,17,23H,3-5,8-9,15H2,1-2H3. The Morgan fingerprint density at radius 1 is 1.00 bits per heavy atom. The average Bonchev–Trinajstić information content (AvgIpc) is 2.92. The van der Waals surface area contributed by atoms with Crippen molar-refractivity contribution >= 4 is 6.47 Å². The Hall–Kier alpha value is -2.09. The molecule has 1 aliphatic rings. The molecule has 2 heteroatoms. The van der Waals surface area contributed by atoms with Gasteiger partial charge in [-0.25, -0.2) is 4.79 Å². The van der Waals surface area contributed by atoms with Gasteiger partial charge in [0.2, 0.25) is 0 Å². The molecule has 1 radical (unpaired) electrons. The fourth-order valence-electron chi connectivity index (χ4n) is 3.87. The number of unbranched alkanes of at least 4 members (excludes halogenated alkanes) is 2. The summed E-state index contributed by atoms with van der Waals surface area (Å²) in [6.45, 7) is 6.52. The van der Waals surface area contributed by atoms with Gasteiger partial charge in [0.15, 0.2) is 0 Å². The molecule has 1 atom stereocenters. The summed E-state index contributed by atoms with van der Waals surface area (Å²) in [4.78, 5) is 10.6. The lowest BCUT2D eigenvalue weighted by atomic mass is 9.95. The van der Waals surface area contributed by atoms with E-state index in [0.29, 0.717) is 6.61 Å². The summed E-state index contributed by atoms with van der Waals surface area (Å²) in [6, 6.07) is 15.2. The van der Waals surface area contributed by atoms with Gasteiger partial charge in [0.05, 0.1) is 0 Å². The van der Waals surface area contributed by atoms with Gasteiger partial charge in [0.25, 0.3) is 0 Å². The zero-order valence-electron chi connectivity index (χ0n) is 15.3. The van der Waals surface area contributed by atoms with E-state index in [1.54, 1.807) is 6.47 Å². The third-order valence-corrected chi connectivity index (χ3v) is 5.17. The van der Waals surface area contributed by atoms with Gasteiger partial charge in [-0.2, -0.15) is 0 Å². The van der Waals surface area contributed by atoms with E-state index >= 15 is 0 Å². The molecule has 2 aromatic carbocycles. The minimum Gasteiger partial charge on any atom is -0.456 e. The first-order valence-corrected chi connectivity index (χ1v) is 9.41. The van der Waals surface area contributed by atoms with Crippen molar-refractivity contribution in [3.63, 3.8) is 0 Å². The Labute approximate surface area is 151 Å². The highest BCUT2D eigenvalue weighted by molar-refractivity contribution is 5.79. The van der Waals surface area contributed by atoms with E-state index in [4.69, 9.17) is 4.74 Å². The van der Waals surface area contributed by atoms with E-state index in [1.807, 2.05) is 0 Å². The molecule has 3 rings (SSSR count). The van der Waals surface area contributed by atoms with Crippen molar-refractivity contribution in [2.75, 3.05) is 6.61 Å². The summed E-state index contributed by atoms with van der Waals surface area (Å²) in [7, 11) is 0. The van der Waals surface area contributed by atoms with Crippen LogP contribution in [0.15, 0.2) is 42.5 Å². The molecule has 0 bridgehead atoms. The largest absolute Gasteiger partial charge is 0.456 e. The van der Waals surface area contributed by atoms with E-state index in [-0.39, 0.29) is 5.92 Å². The number of benzene rings is 2. The van der Waals surface area contributed by atoms with Crippen LogP contribution in [0, 0.1) is 5.92 Å². The topological polar surface area (TPSA) is 26.3 Å². The normalized spacial score (nSPS) is 15.1. The molecule has 0 saturated heterocycles. The maximum atomic E-state index is 10.6. The van der Waals surface area contributed by atoms with Crippen LogP contribution in [0.3, 0.4) is 0 Å². The third kappa shape index (κ3) is 4.12. The number of aryl methyl sites for hydroxylation is 1. The van der Waals surface area contributed by atoms with Crippen molar-refractivity contribution in [2.24, 2.45) is 5.92 Å². The van der Waals surface area contributed by atoms with Crippen LogP contribution in [0.5, 0.6) is 0 Å². The van der Waals surface area contributed by atoms with E-state index in [2.05, 4.69) is 56.3 Å². The highest BCUT2D eigenvalue weighted by Crippen LogP contribution is 2.45. The molecule has 0 amide bonds. The van der Waals surface area contributed by atoms with Gasteiger partial charge in [-0.1, -0.05) is 75.6 Å². The third-order valence-electron chi connectivity index (χ3n) is 5.17.